The van der Waals surface area contributed by atoms with Crippen molar-refractivity contribution in [1.82, 2.24) is 0 Å². The molecule has 8 nitrogen and oxygen atoms in total. The minimum absolute atomic E-state index is 0.173. The third kappa shape index (κ3) is 3.77. The number of hydrogen-bond acceptors (Lipinski definition) is 8. The Morgan fingerprint density at radius 2 is 1.92 bits per heavy atom. The molecule has 2 heterocycles. The molecule has 2 aliphatic heterocycles. The first-order valence-corrected chi connectivity index (χ1v) is 9.27. The van der Waals surface area contributed by atoms with Gasteiger partial charge in [0.25, 0.3) is 10.1 Å². The Labute approximate surface area is 140 Å². The summed E-state index contributed by atoms with van der Waals surface area (Å²) >= 11 is 0. The van der Waals surface area contributed by atoms with E-state index in [1.54, 1.807) is 0 Å². The Bertz CT molecular complexity index is 649. The molecule has 0 aromatic heterocycles. The third-order valence-corrected chi connectivity index (χ3v) is 4.47. The van der Waals surface area contributed by atoms with Gasteiger partial charge in [-0.15, -0.1) is 0 Å². The van der Waals surface area contributed by atoms with Crippen LogP contribution >= 0.6 is 0 Å². The first-order valence-electron chi connectivity index (χ1n) is 7.45. The van der Waals surface area contributed by atoms with Crippen molar-refractivity contribution in [1.29, 1.82) is 0 Å². The van der Waals surface area contributed by atoms with Crippen molar-refractivity contribution < 1.29 is 36.7 Å². The molecule has 24 heavy (non-hydrogen) atoms. The van der Waals surface area contributed by atoms with E-state index in [1.807, 2.05) is 30.3 Å². The van der Waals surface area contributed by atoms with E-state index in [2.05, 4.69) is 0 Å². The van der Waals surface area contributed by atoms with Gasteiger partial charge in [0.1, 0.15) is 18.3 Å². The smallest absolute Gasteiger partial charge is 0.264 e. The normalized spacial score (nSPS) is 37.0. The molecule has 3 rings (SSSR count). The van der Waals surface area contributed by atoms with Gasteiger partial charge in [0, 0.05) is 12.7 Å². The van der Waals surface area contributed by atoms with Crippen molar-refractivity contribution in [3.05, 3.63) is 35.9 Å². The number of rotatable bonds is 4. The SMILES string of the molecule is CO[C@@H]1O[C@@H]2CO[C@@H](c3ccccc3)O[C@@H]2[C@H](O)[C@@H]1OS(C)(=O)=O. The lowest BCUT2D eigenvalue weighted by Gasteiger charge is -2.46. The van der Waals surface area contributed by atoms with Crippen molar-refractivity contribution in [2.45, 2.75) is 37.0 Å². The van der Waals surface area contributed by atoms with Crippen molar-refractivity contribution in [2.75, 3.05) is 20.0 Å². The molecule has 134 valence electrons. The molecule has 6 atom stereocenters. The second-order valence-corrected chi connectivity index (χ2v) is 7.31. The highest BCUT2D eigenvalue weighted by Gasteiger charge is 2.51. The van der Waals surface area contributed by atoms with E-state index in [0.29, 0.717) is 0 Å². The summed E-state index contributed by atoms with van der Waals surface area (Å²) in [5.74, 6) is 0. The van der Waals surface area contributed by atoms with Crippen LogP contribution in [0.2, 0.25) is 0 Å². The predicted molar refractivity (Wildman–Crippen MR) is 81.4 cm³/mol. The highest BCUT2D eigenvalue weighted by atomic mass is 32.2. The number of hydrogen-bond donors (Lipinski definition) is 1. The summed E-state index contributed by atoms with van der Waals surface area (Å²) in [5, 5.41) is 10.6. The average molecular weight is 360 g/mol. The standard InChI is InChI=1S/C15H20O8S/c1-19-15-13(23-24(2,17)18)11(16)12-10(21-15)8-20-14(22-12)9-6-4-3-5-7-9/h3-7,10-16H,8H2,1-2H3/t10-,11+,12+,13+,14-,15-/m1/s1. The Morgan fingerprint density at radius 3 is 2.54 bits per heavy atom. The molecular formula is C15H20O8S. The van der Waals surface area contributed by atoms with Crippen LogP contribution in [0.5, 0.6) is 0 Å². The minimum atomic E-state index is -3.81. The summed E-state index contributed by atoms with van der Waals surface area (Å²) in [6, 6.07) is 9.23. The van der Waals surface area contributed by atoms with Gasteiger partial charge in [0.15, 0.2) is 18.7 Å². The molecule has 0 saturated carbocycles. The molecule has 0 amide bonds. The van der Waals surface area contributed by atoms with Gasteiger partial charge in [-0.05, 0) is 0 Å². The van der Waals surface area contributed by atoms with Crippen LogP contribution in [0.4, 0.5) is 0 Å². The van der Waals surface area contributed by atoms with Crippen molar-refractivity contribution in [2.24, 2.45) is 0 Å². The average Bonchev–Trinajstić information content (AvgIpc) is 2.56. The maximum atomic E-state index is 11.4. The van der Waals surface area contributed by atoms with E-state index in [-0.39, 0.29) is 6.61 Å². The maximum absolute atomic E-state index is 11.4. The van der Waals surface area contributed by atoms with Crippen LogP contribution in [-0.4, -0.2) is 64.2 Å². The fraction of sp³-hybridized carbons (Fsp3) is 0.600. The number of ether oxygens (including phenoxy) is 4. The van der Waals surface area contributed by atoms with Gasteiger partial charge in [-0.25, -0.2) is 0 Å². The van der Waals surface area contributed by atoms with Gasteiger partial charge < -0.3 is 24.1 Å². The van der Waals surface area contributed by atoms with Crippen LogP contribution in [0.1, 0.15) is 11.9 Å². The molecule has 0 aliphatic carbocycles. The first-order chi connectivity index (χ1) is 11.4. The molecular weight excluding hydrogens is 340 g/mol. The van der Waals surface area contributed by atoms with E-state index < -0.39 is 47.1 Å². The number of fused-ring (bicyclic) bond motifs is 1. The largest absolute Gasteiger partial charge is 0.387 e. The quantitative estimate of drug-likeness (QED) is 0.759. The van der Waals surface area contributed by atoms with Gasteiger partial charge in [-0.3, -0.25) is 4.18 Å². The van der Waals surface area contributed by atoms with Gasteiger partial charge in [-0.2, -0.15) is 8.42 Å². The fourth-order valence-corrected chi connectivity index (χ4v) is 3.45. The zero-order valence-corrected chi connectivity index (χ0v) is 14.1. The molecule has 0 radical (unpaired) electrons. The molecule has 0 unspecified atom stereocenters. The molecule has 0 spiro atoms. The van der Waals surface area contributed by atoms with Crippen molar-refractivity contribution in [3.8, 4) is 0 Å². The van der Waals surface area contributed by atoms with E-state index in [9.17, 15) is 13.5 Å². The monoisotopic (exact) mass is 360 g/mol. The summed E-state index contributed by atoms with van der Waals surface area (Å²) in [6.45, 7) is 0.173. The molecule has 0 bridgehead atoms. The molecule has 9 heteroatoms. The van der Waals surface area contributed by atoms with Gasteiger partial charge in [0.2, 0.25) is 0 Å². The minimum Gasteiger partial charge on any atom is -0.387 e. The molecule has 2 fully saturated rings. The number of aliphatic hydroxyl groups is 1. The topological polar surface area (TPSA) is 101 Å². The summed E-state index contributed by atoms with van der Waals surface area (Å²) < 4.78 is 50.0. The van der Waals surface area contributed by atoms with E-state index >= 15 is 0 Å². The second kappa shape index (κ2) is 7.04. The lowest BCUT2D eigenvalue weighted by Crippen LogP contribution is -2.63. The Balaban J connectivity index is 1.79. The van der Waals surface area contributed by atoms with E-state index in [1.165, 1.54) is 7.11 Å². The number of methoxy groups -OCH3 is 1. The summed E-state index contributed by atoms with van der Waals surface area (Å²) in [4.78, 5) is 0. The lowest BCUT2D eigenvalue weighted by atomic mass is 9.98. The highest BCUT2D eigenvalue weighted by Crippen LogP contribution is 2.35. The summed E-state index contributed by atoms with van der Waals surface area (Å²) in [7, 11) is -2.47. The van der Waals surface area contributed by atoms with E-state index in [0.717, 1.165) is 11.8 Å². The molecule has 1 aromatic carbocycles. The van der Waals surface area contributed by atoms with Crippen LogP contribution in [0.3, 0.4) is 0 Å². The molecule has 2 saturated heterocycles. The van der Waals surface area contributed by atoms with Crippen LogP contribution in [0.25, 0.3) is 0 Å². The highest BCUT2D eigenvalue weighted by molar-refractivity contribution is 7.86. The Morgan fingerprint density at radius 1 is 1.21 bits per heavy atom. The van der Waals surface area contributed by atoms with Gasteiger partial charge in [-0.1, -0.05) is 30.3 Å². The van der Waals surface area contributed by atoms with Crippen LogP contribution in [0, 0.1) is 0 Å². The van der Waals surface area contributed by atoms with Crippen LogP contribution in [0.15, 0.2) is 30.3 Å². The first kappa shape index (κ1) is 17.7. The number of aliphatic hydroxyl groups excluding tert-OH is 1. The second-order valence-electron chi connectivity index (χ2n) is 5.71. The van der Waals surface area contributed by atoms with Gasteiger partial charge >= 0.3 is 0 Å². The third-order valence-electron chi connectivity index (χ3n) is 3.90. The van der Waals surface area contributed by atoms with Crippen molar-refractivity contribution >= 4 is 10.1 Å². The van der Waals surface area contributed by atoms with E-state index in [4.69, 9.17) is 23.1 Å². The molecule has 1 N–H and O–H groups in total. The zero-order valence-electron chi connectivity index (χ0n) is 13.3. The number of benzene rings is 1. The predicted octanol–water partition coefficient (Wildman–Crippen LogP) is 0.178. The summed E-state index contributed by atoms with van der Waals surface area (Å²) in [5.41, 5.74) is 0.789. The maximum Gasteiger partial charge on any atom is 0.264 e. The summed E-state index contributed by atoms with van der Waals surface area (Å²) in [6.07, 6.45) is -4.69. The lowest BCUT2D eigenvalue weighted by molar-refractivity contribution is -0.354. The van der Waals surface area contributed by atoms with Crippen molar-refractivity contribution in [3.63, 3.8) is 0 Å². The molecule has 2 aliphatic rings. The van der Waals surface area contributed by atoms with Crippen LogP contribution < -0.4 is 0 Å². The van der Waals surface area contributed by atoms with Gasteiger partial charge in [0.05, 0.1) is 12.9 Å². The zero-order chi connectivity index (χ0) is 17.3. The van der Waals surface area contributed by atoms with Crippen LogP contribution in [-0.2, 0) is 33.2 Å². The molecule has 1 aromatic rings. The fourth-order valence-electron chi connectivity index (χ4n) is 2.84. The Kier molecular flexibility index (Phi) is 5.21. The Hall–Kier alpha value is -1.07.